The minimum Gasteiger partial charge on any atom is -0.306 e. The predicted octanol–water partition coefficient (Wildman–Crippen LogP) is 6.72. The van der Waals surface area contributed by atoms with Crippen LogP contribution in [0.1, 0.15) is 70.9 Å². The van der Waals surface area contributed by atoms with Crippen LogP contribution in [-0.2, 0) is 9.36 Å². The first-order valence-electron chi connectivity index (χ1n) is 11.8. The van der Waals surface area contributed by atoms with Crippen LogP contribution in [0.3, 0.4) is 0 Å². The minimum absolute atomic E-state index is 0.196. The zero-order valence-electron chi connectivity index (χ0n) is 21.6. The lowest BCUT2D eigenvalue weighted by Gasteiger charge is -2.20. The van der Waals surface area contributed by atoms with Crippen LogP contribution in [0.4, 0.5) is 0 Å². The van der Waals surface area contributed by atoms with Crippen LogP contribution in [0.25, 0.3) is 0 Å². The zero-order chi connectivity index (χ0) is 26.8. The normalized spacial score (nSPS) is 11.3. The second kappa shape index (κ2) is 10.7. The summed E-state index contributed by atoms with van der Waals surface area (Å²) in [5.74, 6) is -1.14. The van der Waals surface area contributed by atoms with E-state index < -0.39 is 42.3 Å². The maximum absolute atomic E-state index is 14.5. The van der Waals surface area contributed by atoms with E-state index >= 15 is 0 Å². The van der Waals surface area contributed by atoms with Crippen LogP contribution < -0.4 is 0 Å². The van der Waals surface area contributed by atoms with E-state index in [0.717, 1.165) is 11.1 Å². The zero-order valence-corrected chi connectivity index (χ0v) is 22.5. The smallest absolute Gasteiger partial charge is 0.229 e. The molecule has 0 aromatic heterocycles. The molecule has 0 radical (unpaired) electrons. The van der Waals surface area contributed by atoms with Gasteiger partial charge in [0.25, 0.3) is 0 Å². The Morgan fingerprint density at radius 2 is 1.03 bits per heavy atom. The third kappa shape index (κ3) is 5.52. The van der Waals surface area contributed by atoms with Crippen LogP contribution in [0.5, 0.6) is 0 Å². The number of benzene rings is 3. The van der Waals surface area contributed by atoms with Gasteiger partial charge in [0.2, 0.25) is 18.2 Å². The van der Waals surface area contributed by atoms with Gasteiger partial charge in [0.15, 0.2) is 5.78 Å². The summed E-state index contributed by atoms with van der Waals surface area (Å²) in [6.45, 7) is 10.7. The second-order valence-corrected chi connectivity index (χ2v) is 12.2. The Labute approximate surface area is 212 Å². The first-order chi connectivity index (χ1) is 16.8. The van der Waals surface area contributed by atoms with Gasteiger partial charge in [0.1, 0.15) is 5.78 Å². The molecule has 0 saturated heterocycles. The SMILES string of the molecule is Cc1cc(C)c(C(=O)P(=O)(CC(=O)CC(=O)c2ccccc2)C(=O)c2c(C)cc(C)cc2C)c(C)c1. The van der Waals surface area contributed by atoms with Crippen LogP contribution in [0.2, 0.25) is 0 Å². The lowest BCUT2D eigenvalue weighted by Crippen LogP contribution is -2.22. The quantitative estimate of drug-likeness (QED) is 0.184. The molecule has 0 atom stereocenters. The lowest BCUT2D eigenvalue weighted by molar-refractivity contribution is -0.115. The summed E-state index contributed by atoms with van der Waals surface area (Å²) in [4.78, 5) is 53.5. The van der Waals surface area contributed by atoms with Crippen molar-refractivity contribution in [3.05, 3.63) is 105 Å². The highest BCUT2D eigenvalue weighted by atomic mass is 31.2. The van der Waals surface area contributed by atoms with Crippen molar-refractivity contribution in [2.24, 2.45) is 0 Å². The molecule has 3 aromatic carbocycles. The molecule has 0 heterocycles. The molecule has 0 unspecified atom stereocenters. The molecule has 6 heteroatoms. The Bertz CT molecular complexity index is 1310. The van der Waals surface area contributed by atoms with Crippen molar-refractivity contribution in [3.63, 3.8) is 0 Å². The first kappa shape index (κ1) is 27.2. The second-order valence-electron chi connectivity index (χ2n) is 9.56. The number of hydrogen-bond acceptors (Lipinski definition) is 5. The first-order valence-corrected chi connectivity index (χ1v) is 13.7. The Morgan fingerprint density at radius 1 is 0.639 bits per heavy atom. The van der Waals surface area contributed by atoms with Crippen molar-refractivity contribution in [2.45, 2.75) is 48.0 Å². The van der Waals surface area contributed by atoms with Crippen molar-refractivity contribution in [3.8, 4) is 0 Å². The molecule has 0 aliphatic heterocycles. The Morgan fingerprint density at radius 3 is 1.42 bits per heavy atom. The summed E-state index contributed by atoms with van der Waals surface area (Å²) in [6, 6.07) is 15.4. The summed E-state index contributed by atoms with van der Waals surface area (Å²) in [7, 11) is -4.47. The molecule has 0 N–H and O–H groups in total. The van der Waals surface area contributed by atoms with Gasteiger partial charge in [-0.1, -0.05) is 65.7 Å². The summed E-state index contributed by atoms with van der Waals surface area (Å²) in [5.41, 5.74) is 3.30. The maximum atomic E-state index is 14.5. The molecule has 0 amide bonds. The van der Waals surface area contributed by atoms with Gasteiger partial charge in [0.05, 0.1) is 12.6 Å². The van der Waals surface area contributed by atoms with Gasteiger partial charge in [-0.2, -0.15) is 0 Å². The number of ketones is 2. The molecule has 0 spiro atoms. The van der Waals surface area contributed by atoms with Crippen LogP contribution in [-0.4, -0.2) is 28.8 Å². The Hall–Kier alpha value is -3.43. The third-order valence-corrected chi connectivity index (χ3v) is 8.85. The van der Waals surface area contributed by atoms with Gasteiger partial charge in [-0.15, -0.1) is 0 Å². The molecule has 3 rings (SSSR count). The van der Waals surface area contributed by atoms with E-state index in [4.69, 9.17) is 0 Å². The highest BCUT2D eigenvalue weighted by Crippen LogP contribution is 2.53. The van der Waals surface area contributed by atoms with E-state index in [0.29, 0.717) is 27.8 Å². The van der Waals surface area contributed by atoms with Gasteiger partial charge in [-0.05, 0) is 63.8 Å². The highest BCUT2D eigenvalue weighted by Gasteiger charge is 2.44. The molecule has 0 bridgehead atoms. The monoisotopic (exact) mass is 502 g/mol. The van der Waals surface area contributed by atoms with Gasteiger partial charge in [-0.3, -0.25) is 19.2 Å². The number of hydrogen-bond donors (Lipinski definition) is 0. The standard InChI is InChI=1S/C30H31O5P/c1-18-12-20(3)27(21(4)13-18)29(33)36(35,30(34)28-22(5)14-19(2)15-23(28)6)17-25(31)16-26(32)24-10-8-7-9-11-24/h7-15H,16-17H2,1-6H3. The van der Waals surface area contributed by atoms with Crippen molar-refractivity contribution in [2.75, 3.05) is 6.16 Å². The molecule has 0 aliphatic rings. The fraction of sp³-hybridized carbons (Fsp3) is 0.267. The van der Waals surface area contributed by atoms with Crippen molar-refractivity contribution < 1.29 is 23.7 Å². The summed E-state index contributed by atoms with van der Waals surface area (Å²) in [6.07, 6.45) is -1.32. The molecule has 0 aliphatic carbocycles. The summed E-state index contributed by atoms with van der Waals surface area (Å²) in [5, 5.41) is 0. The topological polar surface area (TPSA) is 85.3 Å². The molecular formula is C30H31O5P. The number of carbonyl (C=O) groups excluding carboxylic acids is 4. The van der Waals surface area contributed by atoms with E-state index in [1.807, 2.05) is 13.8 Å². The summed E-state index contributed by atoms with van der Waals surface area (Å²) >= 11 is 0. The number of aryl methyl sites for hydroxylation is 6. The van der Waals surface area contributed by atoms with Crippen molar-refractivity contribution in [1.82, 2.24) is 0 Å². The van der Waals surface area contributed by atoms with Crippen molar-refractivity contribution >= 4 is 29.8 Å². The molecule has 3 aromatic rings. The van der Waals surface area contributed by atoms with Crippen molar-refractivity contribution in [1.29, 1.82) is 0 Å². The lowest BCUT2D eigenvalue weighted by atomic mass is 10.0. The molecule has 186 valence electrons. The average molecular weight is 503 g/mol. The minimum atomic E-state index is -4.47. The van der Waals surface area contributed by atoms with Gasteiger partial charge in [-0.25, -0.2) is 0 Å². The van der Waals surface area contributed by atoms with Crippen LogP contribution >= 0.6 is 7.14 Å². The number of Topliss-reactive ketones (excluding diaryl/α,β-unsaturated/α-hetero) is 2. The molecular weight excluding hydrogens is 471 g/mol. The Kier molecular flexibility index (Phi) is 8.05. The number of rotatable bonds is 9. The van der Waals surface area contributed by atoms with E-state index in [1.165, 1.54) is 0 Å². The third-order valence-electron chi connectivity index (χ3n) is 6.29. The molecule has 0 fully saturated rings. The largest absolute Gasteiger partial charge is 0.306 e. The molecule has 5 nitrogen and oxygen atoms in total. The van der Waals surface area contributed by atoms with Crippen LogP contribution in [0, 0.1) is 41.5 Å². The predicted molar refractivity (Wildman–Crippen MR) is 143 cm³/mol. The highest BCUT2D eigenvalue weighted by molar-refractivity contribution is 7.96. The van der Waals surface area contributed by atoms with E-state index in [1.54, 1.807) is 82.3 Å². The maximum Gasteiger partial charge on any atom is 0.229 e. The van der Waals surface area contributed by atoms with E-state index in [9.17, 15) is 23.7 Å². The number of carbonyl (C=O) groups is 4. The summed E-state index contributed by atoms with van der Waals surface area (Å²) < 4.78 is 14.5. The van der Waals surface area contributed by atoms with Crippen LogP contribution in [0.15, 0.2) is 54.6 Å². The molecule has 0 saturated carbocycles. The fourth-order valence-corrected chi connectivity index (χ4v) is 7.35. The molecule has 36 heavy (non-hydrogen) atoms. The van der Waals surface area contributed by atoms with Gasteiger partial charge >= 0.3 is 0 Å². The van der Waals surface area contributed by atoms with Gasteiger partial charge < -0.3 is 4.57 Å². The van der Waals surface area contributed by atoms with Gasteiger partial charge in [0, 0.05) is 16.7 Å². The average Bonchev–Trinajstić information content (AvgIpc) is 2.77. The van der Waals surface area contributed by atoms with E-state index in [-0.39, 0.29) is 11.1 Å². The van der Waals surface area contributed by atoms with E-state index in [2.05, 4.69) is 0 Å². The fourth-order valence-electron chi connectivity index (χ4n) is 4.84. The Balaban J connectivity index is 2.10.